The summed E-state index contributed by atoms with van der Waals surface area (Å²) in [6.07, 6.45) is 3.62. The molecule has 3 rings (SSSR count). The summed E-state index contributed by atoms with van der Waals surface area (Å²) < 4.78 is 20.5. The highest BCUT2D eigenvalue weighted by atomic mass is 19.1. The van der Waals surface area contributed by atoms with Crippen LogP contribution in [0, 0.1) is 5.82 Å². The molecule has 26 heavy (non-hydrogen) atoms. The van der Waals surface area contributed by atoms with Crippen molar-refractivity contribution in [2.24, 2.45) is 0 Å². The van der Waals surface area contributed by atoms with Crippen molar-refractivity contribution in [1.29, 1.82) is 0 Å². The van der Waals surface area contributed by atoms with Gasteiger partial charge in [-0.15, -0.1) is 0 Å². The zero-order valence-electron chi connectivity index (χ0n) is 14.3. The van der Waals surface area contributed by atoms with Crippen LogP contribution in [0.25, 0.3) is 5.69 Å². The van der Waals surface area contributed by atoms with Crippen LogP contribution in [0.4, 0.5) is 4.39 Å². The molecular weight excluding hydrogens is 335 g/mol. The van der Waals surface area contributed by atoms with E-state index >= 15 is 0 Å². The first-order valence-corrected chi connectivity index (χ1v) is 8.25. The number of aliphatic carboxylic acids is 1. The van der Waals surface area contributed by atoms with Gasteiger partial charge in [-0.05, 0) is 47.5 Å². The second kappa shape index (κ2) is 7.82. The highest BCUT2D eigenvalue weighted by Crippen LogP contribution is 2.20. The van der Waals surface area contributed by atoms with E-state index in [1.807, 2.05) is 13.1 Å². The summed E-state index contributed by atoms with van der Waals surface area (Å²) in [4.78, 5) is 10.8. The molecule has 1 atom stereocenters. The molecule has 0 aliphatic heterocycles. The van der Waals surface area contributed by atoms with Crippen molar-refractivity contribution in [2.45, 2.75) is 19.3 Å². The first-order valence-electron chi connectivity index (χ1n) is 8.25. The Hall–Kier alpha value is -3.15. The lowest BCUT2D eigenvalue weighted by molar-refractivity contribution is -0.136. The van der Waals surface area contributed by atoms with Gasteiger partial charge in [-0.2, -0.15) is 5.10 Å². The smallest absolute Gasteiger partial charge is 0.307 e. The normalized spacial score (nSPS) is 11.9. The summed E-state index contributed by atoms with van der Waals surface area (Å²) in [6, 6.07) is 13.2. The van der Waals surface area contributed by atoms with Crippen LogP contribution in [0.15, 0.2) is 60.9 Å². The van der Waals surface area contributed by atoms with E-state index in [0.717, 1.165) is 11.3 Å². The highest BCUT2D eigenvalue weighted by molar-refractivity contribution is 5.70. The molecule has 1 unspecified atom stereocenters. The molecule has 134 valence electrons. The Balaban J connectivity index is 1.63. The van der Waals surface area contributed by atoms with Gasteiger partial charge in [0.15, 0.2) is 0 Å². The third-order valence-electron chi connectivity index (χ3n) is 4.02. The summed E-state index contributed by atoms with van der Waals surface area (Å²) >= 11 is 0. The van der Waals surface area contributed by atoms with E-state index in [1.54, 1.807) is 47.3 Å². The fourth-order valence-corrected chi connectivity index (χ4v) is 2.56. The topological polar surface area (TPSA) is 64.3 Å². The average molecular weight is 354 g/mol. The van der Waals surface area contributed by atoms with Crippen molar-refractivity contribution in [3.63, 3.8) is 0 Å². The molecule has 0 saturated carbocycles. The summed E-state index contributed by atoms with van der Waals surface area (Å²) in [5, 5.41) is 13.2. The van der Waals surface area contributed by atoms with Gasteiger partial charge in [0.2, 0.25) is 0 Å². The number of rotatable bonds is 7. The lowest BCUT2D eigenvalue weighted by Crippen LogP contribution is -2.07. The number of hydrogen-bond donors (Lipinski definition) is 1. The number of ether oxygens (including phenoxy) is 1. The number of benzene rings is 2. The third-order valence-corrected chi connectivity index (χ3v) is 4.02. The van der Waals surface area contributed by atoms with Crippen molar-refractivity contribution in [1.82, 2.24) is 9.78 Å². The molecule has 0 amide bonds. The van der Waals surface area contributed by atoms with Gasteiger partial charge in [-0.3, -0.25) is 4.79 Å². The molecule has 3 aromatic rings. The largest absolute Gasteiger partial charge is 0.493 e. The summed E-state index contributed by atoms with van der Waals surface area (Å²) in [5.41, 5.74) is 2.48. The Morgan fingerprint density at radius 2 is 2.04 bits per heavy atom. The maximum absolute atomic E-state index is 13.0. The third kappa shape index (κ3) is 4.47. The number of nitrogens with zero attached hydrogens (tertiary/aromatic N) is 2. The SMILES string of the molecule is CC(COc1cccc(CC(=O)O)c1)c1cnn(-c2ccc(F)cc2)c1. The van der Waals surface area contributed by atoms with E-state index in [-0.39, 0.29) is 18.2 Å². The second-order valence-corrected chi connectivity index (χ2v) is 6.12. The lowest BCUT2D eigenvalue weighted by Gasteiger charge is -2.12. The fraction of sp³-hybridized carbons (Fsp3) is 0.200. The molecule has 0 aliphatic carbocycles. The molecule has 0 spiro atoms. The van der Waals surface area contributed by atoms with Crippen LogP contribution in [0.1, 0.15) is 24.0 Å². The van der Waals surface area contributed by atoms with E-state index in [2.05, 4.69) is 5.10 Å². The molecule has 0 fully saturated rings. The molecule has 0 radical (unpaired) electrons. The van der Waals surface area contributed by atoms with Gasteiger partial charge in [0.25, 0.3) is 0 Å². The summed E-state index contributed by atoms with van der Waals surface area (Å²) in [6.45, 7) is 2.46. The molecule has 5 nitrogen and oxygen atoms in total. The predicted molar refractivity (Wildman–Crippen MR) is 95.2 cm³/mol. The van der Waals surface area contributed by atoms with Gasteiger partial charge < -0.3 is 9.84 Å². The Morgan fingerprint density at radius 1 is 1.27 bits per heavy atom. The van der Waals surface area contributed by atoms with Crippen LogP contribution >= 0.6 is 0 Å². The molecule has 1 aromatic heterocycles. The minimum absolute atomic E-state index is 0.0306. The van der Waals surface area contributed by atoms with Gasteiger partial charge in [0.05, 0.1) is 24.9 Å². The quantitative estimate of drug-likeness (QED) is 0.700. The molecule has 0 saturated heterocycles. The van der Waals surface area contributed by atoms with E-state index in [9.17, 15) is 9.18 Å². The zero-order valence-corrected chi connectivity index (χ0v) is 14.3. The van der Waals surface area contributed by atoms with Gasteiger partial charge in [-0.1, -0.05) is 19.1 Å². The Kier molecular flexibility index (Phi) is 5.31. The molecule has 1 N–H and O–H groups in total. The van der Waals surface area contributed by atoms with Gasteiger partial charge in [0, 0.05) is 12.1 Å². The number of carboxylic acids is 1. The van der Waals surface area contributed by atoms with Crippen molar-refractivity contribution < 1.29 is 19.0 Å². The maximum atomic E-state index is 13.0. The lowest BCUT2D eigenvalue weighted by atomic mass is 10.1. The van der Waals surface area contributed by atoms with E-state index in [4.69, 9.17) is 9.84 Å². The van der Waals surface area contributed by atoms with E-state index < -0.39 is 5.97 Å². The van der Waals surface area contributed by atoms with Crippen LogP contribution < -0.4 is 4.74 Å². The van der Waals surface area contributed by atoms with Gasteiger partial charge in [-0.25, -0.2) is 9.07 Å². The van der Waals surface area contributed by atoms with Crippen molar-refractivity contribution in [3.8, 4) is 11.4 Å². The number of aromatic nitrogens is 2. The predicted octanol–water partition coefficient (Wildman–Crippen LogP) is 3.82. The van der Waals surface area contributed by atoms with Crippen molar-refractivity contribution in [3.05, 3.63) is 77.9 Å². The van der Waals surface area contributed by atoms with Gasteiger partial charge in [0.1, 0.15) is 11.6 Å². The van der Waals surface area contributed by atoms with Crippen molar-refractivity contribution >= 4 is 5.97 Å². The standard InChI is InChI=1S/C20H19FN2O3/c1-14(13-26-19-4-2-3-15(9-19)10-20(24)25)16-11-22-23(12-16)18-7-5-17(21)6-8-18/h2-9,11-12,14H,10,13H2,1H3,(H,24,25). The van der Waals surface area contributed by atoms with Crippen LogP contribution in [-0.4, -0.2) is 27.5 Å². The number of carbonyl (C=O) groups is 1. The van der Waals surface area contributed by atoms with Gasteiger partial charge >= 0.3 is 5.97 Å². The van der Waals surface area contributed by atoms with Crippen LogP contribution in [-0.2, 0) is 11.2 Å². The Morgan fingerprint density at radius 3 is 2.77 bits per heavy atom. The summed E-state index contributed by atoms with van der Waals surface area (Å²) in [5.74, 6) is -0.425. The minimum atomic E-state index is -0.872. The molecule has 0 bridgehead atoms. The maximum Gasteiger partial charge on any atom is 0.307 e. The van der Waals surface area contributed by atoms with E-state index in [1.165, 1.54) is 12.1 Å². The van der Waals surface area contributed by atoms with Crippen LogP contribution in [0.5, 0.6) is 5.75 Å². The number of hydrogen-bond acceptors (Lipinski definition) is 3. The van der Waals surface area contributed by atoms with Crippen LogP contribution in [0.3, 0.4) is 0 Å². The Labute approximate surface area is 150 Å². The Bertz CT molecular complexity index is 890. The highest BCUT2D eigenvalue weighted by Gasteiger charge is 2.11. The monoisotopic (exact) mass is 354 g/mol. The molecule has 0 aliphatic rings. The van der Waals surface area contributed by atoms with Crippen molar-refractivity contribution in [2.75, 3.05) is 6.61 Å². The first kappa shape index (κ1) is 17.7. The molecule has 2 aromatic carbocycles. The zero-order chi connectivity index (χ0) is 18.5. The average Bonchev–Trinajstić information content (AvgIpc) is 3.10. The first-order chi connectivity index (χ1) is 12.5. The van der Waals surface area contributed by atoms with E-state index in [0.29, 0.717) is 17.9 Å². The summed E-state index contributed by atoms with van der Waals surface area (Å²) in [7, 11) is 0. The van der Waals surface area contributed by atoms with Crippen LogP contribution in [0.2, 0.25) is 0 Å². The molecule has 6 heteroatoms. The number of carboxylic acid groups (broad SMARTS) is 1. The fourth-order valence-electron chi connectivity index (χ4n) is 2.56. The molecule has 1 heterocycles. The minimum Gasteiger partial charge on any atom is -0.493 e. The second-order valence-electron chi connectivity index (χ2n) is 6.12. The molecular formula is C20H19FN2O3. The number of halogens is 1.